The van der Waals surface area contributed by atoms with Crippen LogP contribution < -0.4 is 10.6 Å². The van der Waals surface area contributed by atoms with E-state index in [0.29, 0.717) is 6.04 Å². The second-order valence-electron chi connectivity index (χ2n) is 5.53. The van der Waals surface area contributed by atoms with Crippen LogP contribution in [-0.2, 0) is 4.79 Å². The van der Waals surface area contributed by atoms with E-state index in [0.717, 1.165) is 24.2 Å². The molecular formula is C17H20N2O2. The van der Waals surface area contributed by atoms with Crippen LogP contribution in [0.25, 0.3) is 0 Å². The van der Waals surface area contributed by atoms with Crippen LogP contribution in [0.3, 0.4) is 0 Å². The summed E-state index contributed by atoms with van der Waals surface area (Å²) in [5, 5.41) is 6.39. The monoisotopic (exact) mass is 284 g/mol. The predicted octanol–water partition coefficient (Wildman–Crippen LogP) is 2.63. The molecular weight excluding hydrogens is 264 g/mol. The molecule has 1 aromatic carbocycles. The quantitative estimate of drug-likeness (QED) is 0.857. The Balaban J connectivity index is 1.74. The largest absolute Gasteiger partial charge is 0.467 e. The molecule has 2 aromatic rings. The summed E-state index contributed by atoms with van der Waals surface area (Å²) in [6.07, 6.45) is 3.85. The lowest BCUT2D eigenvalue weighted by Crippen LogP contribution is -2.44. The van der Waals surface area contributed by atoms with E-state index in [4.69, 9.17) is 4.42 Å². The Morgan fingerprint density at radius 2 is 1.95 bits per heavy atom. The van der Waals surface area contributed by atoms with Crippen molar-refractivity contribution in [3.8, 4) is 0 Å². The minimum Gasteiger partial charge on any atom is -0.467 e. The molecule has 0 bridgehead atoms. The Morgan fingerprint density at radius 3 is 2.57 bits per heavy atom. The first-order valence-electron chi connectivity index (χ1n) is 7.39. The van der Waals surface area contributed by atoms with Gasteiger partial charge in [0, 0.05) is 6.04 Å². The molecule has 21 heavy (non-hydrogen) atoms. The fraction of sp³-hybridized carbons (Fsp3) is 0.353. The Morgan fingerprint density at radius 1 is 1.19 bits per heavy atom. The third kappa shape index (κ3) is 3.52. The van der Waals surface area contributed by atoms with Gasteiger partial charge >= 0.3 is 0 Å². The van der Waals surface area contributed by atoms with Crippen molar-refractivity contribution < 1.29 is 9.21 Å². The molecule has 1 amide bonds. The average Bonchev–Trinajstić information content (AvgIpc) is 3.16. The molecule has 1 aliphatic carbocycles. The van der Waals surface area contributed by atoms with Crippen molar-refractivity contribution in [3.05, 3.63) is 60.1 Å². The molecule has 2 N–H and O–H groups in total. The van der Waals surface area contributed by atoms with Gasteiger partial charge in [0.15, 0.2) is 0 Å². The van der Waals surface area contributed by atoms with Crippen LogP contribution in [0, 0.1) is 0 Å². The van der Waals surface area contributed by atoms with Gasteiger partial charge in [-0.25, -0.2) is 0 Å². The van der Waals surface area contributed by atoms with Crippen molar-refractivity contribution in [1.82, 2.24) is 10.6 Å². The molecule has 0 spiro atoms. The summed E-state index contributed by atoms with van der Waals surface area (Å²) in [5.74, 6) is 0.859. The van der Waals surface area contributed by atoms with Gasteiger partial charge in [0.2, 0.25) is 5.91 Å². The number of amides is 1. The third-order valence-electron chi connectivity index (χ3n) is 3.69. The summed E-state index contributed by atoms with van der Waals surface area (Å²) in [4.78, 5) is 12.1. The summed E-state index contributed by atoms with van der Waals surface area (Å²) in [6.45, 7) is 1.89. The van der Waals surface area contributed by atoms with Crippen molar-refractivity contribution in [3.63, 3.8) is 0 Å². The number of nitrogens with one attached hydrogen (secondary N) is 2. The summed E-state index contributed by atoms with van der Waals surface area (Å²) in [5.41, 5.74) is 1.08. The fourth-order valence-corrected chi connectivity index (χ4v) is 2.32. The van der Waals surface area contributed by atoms with Crippen LogP contribution in [0.2, 0.25) is 0 Å². The van der Waals surface area contributed by atoms with Gasteiger partial charge in [0.1, 0.15) is 5.76 Å². The van der Waals surface area contributed by atoms with Crippen LogP contribution >= 0.6 is 0 Å². The predicted molar refractivity (Wildman–Crippen MR) is 80.8 cm³/mol. The number of hydrogen-bond donors (Lipinski definition) is 2. The summed E-state index contributed by atoms with van der Waals surface area (Å²) in [6, 6.07) is 13.8. The number of rotatable bonds is 6. The van der Waals surface area contributed by atoms with Gasteiger partial charge in [-0.3, -0.25) is 10.1 Å². The summed E-state index contributed by atoms with van der Waals surface area (Å²) < 4.78 is 5.53. The van der Waals surface area contributed by atoms with Crippen molar-refractivity contribution in [2.45, 2.75) is 37.9 Å². The lowest BCUT2D eigenvalue weighted by atomic mass is 10.0. The van der Waals surface area contributed by atoms with Gasteiger partial charge in [0.05, 0.1) is 18.3 Å². The number of benzene rings is 1. The maximum absolute atomic E-state index is 12.1. The molecule has 1 heterocycles. The minimum absolute atomic E-state index is 0.0463. The van der Waals surface area contributed by atoms with Crippen molar-refractivity contribution in [1.29, 1.82) is 0 Å². The fourth-order valence-electron chi connectivity index (χ4n) is 2.32. The van der Waals surface area contributed by atoms with Gasteiger partial charge < -0.3 is 9.73 Å². The highest BCUT2D eigenvalue weighted by Crippen LogP contribution is 2.23. The van der Waals surface area contributed by atoms with Crippen molar-refractivity contribution >= 4 is 5.91 Å². The summed E-state index contributed by atoms with van der Waals surface area (Å²) in [7, 11) is 0. The van der Waals surface area contributed by atoms with Gasteiger partial charge in [-0.2, -0.15) is 0 Å². The van der Waals surface area contributed by atoms with E-state index in [1.54, 1.807) is 6.26 Å². The van der Waals surface area contributed by atoms with Gasteiger partial charge in [0.25, 0.3) is 0 Å². The van der Waals surface area contributed by atoms with Crippen LogP contribution in [-0.4, -0.2) is 18.0 Å². The van der Waals surface area contributed by atoms with Gasteiger partial charge in [-0.15, -0.1) is 0 Å². The molecule has 0 unspecified atom stereocenters. The van der Waals surface area contributed by atoms with Gasteiger partial charge in [-0.1, -0.05) is 30.3 Å². The zero-order valence-corrected chi connectivity index (χ0v) is 12.1. The molecule has 110 valence electrons. The highest BCUT2D eigenvalue weighted by Gasteiger charge is 2.27. The van der Waals surface area contributed by atoms with E-state index in [1.807, 2.05) is 49.4 Å². The molecule has 4 heteroatoms. The second kappa shape index (κ2) is 6.14. The topological polar surface area (TPSA) is 54.3 Å². The molecule has 1 saturated carbocycles. The highest BCUT2D eigenvalue weighted by atomic mass is 16.3. The standard InChI is InChI=1S/C17H20N2O2/c1-12(17(20)19-14-9-10-14)18-16(15-8-5-11-21-15)13-6-3-2-4-7-13/h2-8,11-12,14,16,18H,9-10H2,1H3,(H,19,20)/t12-,16+/m0/s1. The first-order chi connectivity index (χ1) is 10.2. The zero-order chi connectivity index (χ0) is 14.7. The highest BCUT2D eigenvalue weighted by molar-refractivity contribution is 5.82. The number of hydrogen-bond acceptors (Lipinski definition) is 3. The molecule has 4 nitrogen and oxygen atoms in total. The number of carbonyl (C=O) groups excluding carboxylic acids is 1. The first-order valence-corrected chi connectivity index (χ1v) is 7.39. The summed E-state index contributed by atoms with van der Waals surface area (Å²) >= 11 is 0. The van der Waals surface area contributed by atoms with Crippen LogP contribution in [0.1, 0.15) is 37.1 Å². The van der Waals surface area contributed by atoms with Gasteiger partial charge in [-0.05, 0) is 37.5 Å². The Hall–Kier alpha value is -2.07. The Bertz CT molecular complexity index is 576. The maximum Gasteiger partial charge on any atom is 0.237 e. The number of carbonyl (C=O) groups is 1. The van der Waals surface area contributed by atoms with E-state index in [9.17, 15) is 4.79 Å². The van der Waals surface area contributed by atoms with E-state index >= 15 is 0 Å². The van der Waals surface area contributed by atoms with Crippen molar-refractivity contribution in [2.75, 3.05) is 0 Å². The average molecular weight is 284 g/mol. The Labute approximate surface area is 124 Å². The molecule has 0 saturated heterocycles. The van der Waals surface area contributed by atoms with Crippen LogP contribution in [0.5, 0.6) is 0 Å². The molecule has 1 fully saturated rings. The molecule has 0 aliphatic heterocycles. The lowest BCUT2D eigenvalue weighted by Gasteiger charge is -2.22. The minimum atomic E-state index is -0.277. The zero-order valence-electron chi connectivity index (χ0n) is 12.1. The van der Waals surface area contributed by atoms with E-state index in [2.05, 4.69) is 10.6 Å². The smallest absolute Gasteiger partial charge is 0.237 e. The van der Waals surface area contributed by atoms with Crippen molar-refractivity contribution in [2.24, 2.45) is 0 Å². The van der Waals surface area contributed by atoms with Crippen LogP contribution in [0.15, 0.2) is 53.1 Å². The molecule has 1 aliphatic rings. The number of furan rings is 1. The van der Waals surface area contributed by atoms with Crippen LogP contribution in [0.4, 0.5) is 0 Å². The second-order valence-corrected chi connectivity index (χ2v) is 5.53. The molecule has 1 aromatic heterocycles. The molecule has 3 rings (SSSR count). The molecule has 0 radical (unpaired) electrons. The Kier molecular flexibility index (Phi) is 4.06. The van der Waals surface area contributed by atoms with E-state index < -0.39 is 0 Å². The maximum atomic E-state index is 12.1. The third-order valence-corrected chi connectivity index (χ3v) is 3.69. The normalized spacial score (nSPS) is 17.2. The lowest BCUT2D eigenvalue weighted by molar-refractivity contribution is -0.123. The SMILES string of the molecule is C[C@H](N[C@H](c1ccccc1)c1ccco1)C(=O)NC1CC1. The van der Waals surface area contributed by atoms with E-state index in [-0.39, 0.29) is 18.0 Å². The van der Waals surface area contributed by atoms with E-state index in [1.165, 1.54) is 0 Å². The first kappa shape index (κ1) is 13.9. The molecule has 2 atom stereocenters.